The number of aliphatic hydroxyl groups is 1. The lowest BCUT2D eigenvalue weighted by atomic mass is 10.3. The predicted octanol–water partition coefficient (Wildman–Crippen LogP) is 0.755. The molecular weight excluding hydrogens is 126 g/mol. The second kappa shape index (κ2) is 3.35. The fourth-order valence-electron chi connectivity index (χ4n) is 1.27. The zero-order valence-corrected chi connectivity index (χ0v) is 6.80. The van der Waals surface area contributed by atoms with E-state index >= 15 is 0 Å². The first-order valence-corrected chi connectivity index (χ1v) is 4.15. The molecule has 1 saturated carbocycles. The molecule has 0 aliphatic heterocycles. The molecule has 0 heterocycles. The van der Waals surface area contributed by atoms with E-state index in [1.807, 2.05) is 6.92 Å². The van der Waals surface area contributed by atoms with Crippen molar-refractivity contribution in [3.05, 3.63) is 0 Å². The normalized spacial score (nSPS) is 33.9. The summed E-state index contributed by atoms with van der Waals surface area (Å²) in [5.74, 6) is 0.888. The third kappa shape index (κ3) is 2.27. The molecule has 0 amide bonds. The van der Waals surface area contributed by atoms with E-state index in [4.69, 9.17) is 5.11 Å². The number of hydrogen-bond donors (Lipinski definition) is 2. The van der Waals surface area contributed by atoms with Gasteiger partial charge in [0.15, 0.2) is 0 Å². The lowest BCUT2D eigenvalue weighted by Gasteiger charge is -2.04. The number of aliphatic hydroxyl groups excluding tert-OH is 1. The maximum atomic E-state index is 8.93. The van der Waals surface area contributed by atoms with Crippen LogP contribution in [0.3, 0.4) is 0 Å². The third-order valence-electron chi connectivity index (χ3n) is 2.12. The highest BCUT2D eigenvalue weighted by Gasteiger charge is 2.34. The highest BCUT2D eigenvalue weighted by molar-refractivity contribution is 4.91. The van der Waals surface area contributed by atoms with Gasteiger partial charge in [-0.25, -0.2) is 0 Å². The molecule has 1 rings (SSSR count). The van der Waals surface area contributed by atoms with E-state index in [0.29, 0.717) is 6.04 Å². The molecule has 1 aliphatic carbocycles. The Morgan fingerprint density at radius 1 is 1.70 bits per heavy atom. The molecule has 10 heavy (non-hydrogen) atoms. The van der Waals surface area contributed by atoms with E-state index < -0.39 is 0 Å². The molecule has 1 aliphatic rings. The van der Waals surface area contributed by atoms with Gasteiger partial charge in [0.1, 0.15) is 0 Å². The molecule has 2 nitrogen and oxygen atoms in total. The standard InChI is InChI=1S/C8H17NO/c1-3-7-4-8(7)9-5-6(2)10/h6-10H,3-5H2,1-2H3/t6?,7-,8+/m1/s1. The summed E-state index contributed by atoms with van der Waals surface area (Å²) in [5, 5.41) is 12.2. The highest BCUT2D eigenvalue weighted by atomic mass is 16.3. The van der Waals surface area contributed by atoms with Crippen LogP contribution in [0.25, 0.3) is 0 Å². The summed E-state index contributed by atoms with van der Waals surface area (Å²) < 4.78 is 0. The van der Waals surface area contributed by atoms with E-state index in [2.05, 4.69) is 12.2 Å². The summed E-state index contributed by atoms with van der Waals surface area (Å²) in [4.78, 5) is 0. The first-order valence-electron chi connectivity index (χ1n) is 4.15. The quantitative estimate of drug-likeness (QED) is 0.609. The van der Waals surface area contributed by atoms with Gasteiger partial charge in [0.25, 0.3) is 0 Å². The Morgan fingerprint density at radius 3 is 2.80 bits per heavy atom. The van der Waals surface area contributed by atoms with Gasteiger partial charge in [-0.3, -0.25) is 0 Å². The Balaban J connectivity index is 1.96. The molecule has 0 spiro atoms. The Bertz CT molecular complexity index is 103. The molecule has 0 bridgehead atoms. The summed E-state index contributed by atoms with van der Waals surface area (Å²) in [6.45, 7) is 4.78. The summed E-state index contributed by atoms with van der Waals surface area (Å²) in [5.41, 5.74) is 0. The Hall–Kier alpha value is -0.0800. The lowest BCUT2D eigenvalue weighted by Crippen LogP contribution is -2.27. The molecule has 2 heteroatoms. The minimum atomic E-state index is -0.196. The van der Waals surface area contributed by atoms with Gasteiger partial charge in [-0.05, 0) is 19.3 Å². The van der Waals surface area contributed by atoms with Crippen molar-refractivity contribution < 1.29 is 5.11 Å². The van der Waals surface area contributed by atoms with Crippen molar-refractivity contribution in [1.29, 1.82) is 0 Å². The van der Waals surface area contributed by atoms with E-state index in [0.717, 1.165) is 12.5 Å². The zero-order valence-electron chi connectivity index (χ0n) is 6.80. The topological polar surface area (TPSA) is 32.3 Å². The second-order valence-electron chi connectivity index (χ2n) is 3.27. The van der Waals surface area contributed by atoms with Crippen molar-refractivity contribution in [1.82, 2.24) is 5.32 Å². The van der Waals surface area contributed by atoms with Crippen LogP contribution >= 0.6 is 0 Å². The van der Waals surface area contributed by atoms with Crippen LogP contribution in [0.4, 0.5) is 0 Å². The highest BCUT2D eigenvalue weighted by Crippen LogP contribution is 2.32. The summed E-state index contributed by atoms with van der Waals surface area (Å²) in [6.07, 6.45) is 2.39. The molecular formula is C8H17NO. The minimum Gasteiger partial charge on any atom is -0.392 e. The molecule has 0 aromatic rings. The summed E-state index contributed by atoms with van der Waals surface area (Å²) in [7, 11) is 0. The maximum Gasteiger partial charge on any atom is 0.0636 e. The molecule has 2 N–H and O–H groups in total. The largest absolute Gasteiger partial charge is 0.392 e. The van der Waals surface area contributed by atoms with Gasteiger partial charge in [-0.15, -0.1) is 0 Å². The van der Waals surface area contributed by atoms with Gasteiger partial charge in [0, 0.05) is 12.6 Å². The molecule has 0 saturated heterocycles. The Labute approximate surface area is 62.6 Å². The number of hydrogen-bond acceptors (Lipinski definition) is 2. The first-order chi connectivity index (χ1) is 4.74. The molecule has 1 unspecified atom stereocenters. The van der Waals surface area contributed by atoms with Gasteiger partial charge in [0.05, 0.1) is 6.10 Å². The van der Waals surface area contributed by atoms with E-state index in [1.54, 1.807) is 0 Å². The smallest absolute Gasteiger partial charge is 0.0636 e. The SMILES string of the molecule is CC[C@@H]1C[C@@H]1NCC(C)O. The van der Waals surface area contributed by atoms with Crippen LogP contribution in [0.5, 0.6) is 0 Å². The van der Waals surface area contributed by atoms with Crippen molar-refractivity contribution in [2.24, 2.45) is 5.92 Å². The van der Waals surface area contributed by atoms with E-state index in [1.165, 1.54) is 12.8 Å². The zero-order chi connectivity index (χ0) is 7.56. The molecule has 60 valence electrons. The lowest BCUT2D eigenvalue weighted by molar-refractivity contribution is 0.190. The van der Waals surface area contributed by atoms with Gasteiger partial charge in [-0.2, -0.15) is 0 Å². The average Bonchev–Trinajstić information content (AvgIpc) is 2.61. The molecule has 0 aromatic heterocycles. The minimum absolute atomic E-state index is 0.196. The third-order valence-corrected chi connectivity index (χ3v) is 2.12. The predicted molar refractivity (Wildman–Crippen MR) is 41.9 cm³/mol. The monoisotopic (exact) mass is 143 g/mol. The van der Waals surface area contributed by atoms with E-state index in [-0.39, 0.29) is 6.10 Å². The summed E-state index contributed by atoms with van der Waals surface area (Å²) >= 11 is 0. The second-order valence-corrected chi connectivity index (χ2v) is 3.27. The van der Waals surface area contributed by atoms with Gasteiger partial charge >= 0.3 is 0 Å². The van der Waals surface area contributed by atoms with Crippen LogP contribution in [0, 0.1) is 5.92 Å². The maximum absolute atomic E-state index is 8.93. The first kappa shape index (κ1) is 8.02. The average molecular weight is 143 g/mol. The Morgan fingerprint density at radius 2 is 2.40 bits per heavy atom. The van der Waals surface area contributed by atoms with Crippen molar-refractivity contribution >= 4 is 0 Å². The van der Waals surface area contributed by atoms with Crippen molar-refractivity contribution in [2.45, 2.75) is 38.8 Å². The van der Waals surface area contributed by atoms with Crippen molar-refractivity contribution in [3.63, 3.8) is 0 Å². The molecule has 1 fully saturated rings. The van der Waals surface area contributed by atoms with Crippen LogP contribution in [-0.4, -0.2) is 23.8 Å². The van der Waals surface area contributed by atoms with Crippen LogP contribution in [0.2, 0.25) is 0 Å². The van der Waals surface area contributed by atoms with Crippen LogP contribution < -0.4 is 5.32 Å². The van der Waals surface area contributed by atoms with Crippen LogP contribution in [0.1, 0.15) is 26.7 Å². The van der Waals surface area contributed by atoms with Crippen LogP contribution in [0.15, 0.2) is 0 Å². The van der Waals surface area contributed by atoms with Gasteiger partial charge in [-0.1, -0.05) is 13.3 Å². The summed E-state index contributed by atoms with van der Waals surface area (Å²) in [6, 6.07) is 0.708. The fraction of sp³-hybridized carbons (Fsp3) is 1.00. The van der Waals surface area contributed by atoms with Gasteiger partial charge < -0.3 is 10.4 Å². The van der Waals surface area contributed by atoms with Crippen molar-refractivity contribution in [3.8, 4) is 0 Å². The fourth-order valence-corrected chi connectivity index (χ4v) is 1.27. The molecule has 0 radical (unpaired) electrons. The number of nitrogens with one attached hydrogen (secondary N) is 1. The van der Waals surface area contributed by atoms with E-state index in [9.17, 15) is 0 Å². The Kier molecular flexibility index (Phi) is 2.69. The van der Waals surface area contributed by atoms with Gasteiger partial charge in [0.2, 0.25) is 0 Å². The molecule has 3 atom stereocenters. The van der Waals surface area contributed by atoms with Crippen molar-refractivity contribution in [2.75, 3.05) is 6.54 Å². The number of rotatable bonds is 4. The van der Waals surface area contributed by atoms with Crippen LogP contribution in [-0.2, 0) is 0 Å². The molecule has 0 aromatic carbocycles.